The van der Waals surface area contributed by atoms with Crippen LogP contribution < -0.4 is 10.6 Å². The number of hydrogen-bond donors (Lipinski definition) is 2. The highest BCUT2D eigenvalue weighted by atomic mass is 16.2. The Kier molecular flexibility index (Phi) is 8.26. The Morgan fingerprint density at radius 2 is 1.75 bits per heavy atom. The van der Waals surface area contributed by atoms with Crippen molar-refractivity contribution in [2.75, 3.05) is 0 Å². The second-order valence-corrected chi connectivity index (χ2v) is 4.75. The first-order valence-corrected chi connectivity index (χ1v) is 6.57. The van der Waals surface area contributed by atoms with Gasteiger partial charge in [0.25, 0.3) is 0 Å². The molecule has 0 aromatic rings. The molecule has 0 aliphatic rings. The number of nitrogens with one attached hydrogen (secondary N) is 2. The molecule has 3 heteroatoms. The van der Waals surface area contributed by atoms with Gasteiger partial charge in [0.1, 0.15) is 0 Å². The molecule has 3 nitrogen and oxygen atoms in total. The van der Waals surface area contributed by atoms with E-state index in [0.29, 0.717) is 6.04 Å². The third-order valence-corrected chi connectivity index (χ3v) is 2.92. The van der Waals surface area contributed by atoms with Crippen molar-refractivity contribution in [3.8, 4) is 0 Å². The highest BCUT2D eigenvalue weighted by molar-refractivity contribution is 5.81. The van der Waals surface area contributed by atoms with Crippen LogP contribution in [-0.4, -0.2) is 24.0 Å². The van der Waals surface area contributed by atoms with Gasteiger partial charge in [-0.25, -0.2) is 0 Å². The molecule has 3 unspecified atom stereocenters. The minimum atomic E-state index is -0.0964. The van der Waals surface area contributed by atoms with Gasteiger partial charge in [-0.05, 0) is 33.6 Å². The van der Waals surface area contributed by atoms with Crippen molar-refractivity contribution < 1.29 is 4.79 Å². The van der Waals surface area contributed by atoms with E-state index in [9.17, 15) is 4.79 Å². The molecule has 0 rings (SSSR count). The summed E-state index contributed by atoms with van der Waals surface area (Å²) in [7, 11) is 0. The average Bonchev–Trinajstić information content (AvgIpc) is 2.25. The molecule has 0 aromatic carbocycles. The lowest BCUT2D eigenvalue weighted by molar-refractivity contribution is -0.123. The zero-order chi connectivity index (χ0) is 12.6. The van der Waals surface area contributed by atoms with Gasteiger partial charge in [-0.1, -0.05) is 26.7 Å². The highest BCUT2D eigenvalue weighted by Gasteiger charge is 2.15. The van der Waals surface area contributed by atoms with Crippen molar-refractivity contribution in [3.63, 3.8) is 0 Å². The molecule has 0 aliphatic heterocycles. The van der Waals surface area contributed by atoms with Crippen LogP contribution in [0.4, 0.5) is 0 Å². The number of amides is 1. The Balaban J connectivity index is 3.85. The summed E-state index contributed by atoms with van der Waals surface area (Å²) in [4.78, 5) is 11.7. The molecular weight excluding hydrogens is 200 g/mol. The Bertz CT molecular complexity index is 194. The van der Waals surface area contributed by atoms with Crippen molar-refractivity contribution in [1.29, 1.82) is 0 Å². The van der Waals surface area contributed by atoms with Crippen LogP contribution >= 0.6 is 0 Å². The summed E-state index contributed by atoms with van der Waals surface area (Å²) in [6.07, 6.45) is 4.54. The van der Waals surface area contributed by atoms with Gasteiger partial charge < -0.3 is 10.6 Å². The van der Waals surface area contributed by atoms with Crippen molar-refractivity contribution in [1.82, 2.24) is 10.6 Å². The number of carbonyl (C=O) groups is 1. The SMILES string of the molecule is CCCCC(C)NC(C)C(=O)NC(C)CC. The molecule has 0 fully saturated rings. The lowest BCUT2D eigenvalue weighted by atomic mass is 10.1. The summed E-state index contributed by atoms with van der Waals surface area (Å²) in [5, 5.41) is 6.32. The van der Waals surface area contributed by atoms with E-state index < -0.39 is 0 Å². The van der Waals surface area contributed by atoms with Crippen LogP contribution in [0.3, 0.4) is 0 Å². The first-order chi connectivity index (χ1) is 7.51. The van der Waals surface area contributed by atoms with E-state index in [1.54, 1.807) is 0 Å². The molecule has 96 valence electrons. The van der Waals surface area contributed by atoms with Gasteiger partial charge in [0.05, 0.1) is 6.04 Å². The fraction of sp³-hybridized carbons (Fsp3) is 0.923. The van der Waals surface area contributed by atoms with Gasteiger partial charge >= 0.3 is 0 Å². The maximum absolute atomic E-state index is 11.7. The van der Waals surface area contributed by atoms with Crippen molar-refractivity contribution >= 4 is 5.91 Å². The molecule has 2 N–H and O–H groups in total. The normalized spacial score (nSPS) is 16.6. The third kappa shape index (κ3) is 6.83. The van der Waals surface area contributed by atoms with Gasteiger partial charge in [0, 0.05) is 12.1 Å². The second-order valence-electron chi connectivity index (χ2n) is 4.75. The van der Waals surface area contributed by atoms with Gasteiger partial charge in [-0.2, -0.15) is 0 Å². The third-order valence-electron chi connectivity index (χ3n) is 2.92. The number of carbonyl (C=O) groups excluding carboxylic acids is 1. The summed E-state index contributed by atoms with van der Waals surface area (Å²) in [5.41, 5.74) is 0. The van der Waals surface area contributed by atoms with E-state index >= 15 is 0 Å². The molecule has 0 spiro atoms. The molecule has 0 aliphatic carbocycles. The lowest BCUT2D eigenvalue weighted by Gasteiger charge is -2.21. The van der Waals surface area contributed by atoms with E-state index in [0.717, 1.165) is 12.8 Å². The van der Waals surface area contributed by atoms with Crippen molar-refractivity contribution in [3.05, 3.63) is 0 Å². The number of hydrogen-bond acceptors (Lipinski definition) is 2. The zero-order valence-electron chi connectivity index (χ0n) is 11.5. The molecule has 1 amide bonds. The van der Waals surface area contributed by atoms with Crippen molar-refractivity contribution in [2.45, 2.75) is 78.4 Å². The fourth-order valence-corrected chi connectivity index (χ4v) is 1.57. The monoisotopic (exact) mass is 228 g/mol. The molecule has 0 saturated heterocycles. The van der Waals surface area contributed by atoms with Gasteiger partial charge in [-0.15, -0.1) is 0 Å². The van der Waals surface area contributed by atoms with Gasteiger partial charge in [0.15, 0.2) is 0 Å². The Labute approximate surface area is 100 Å². The smallest absolute Gasteiger partial charge is 0.237 e. The van der Waals surface area contributed by atoms with E-state index in [2.05, 4.69) is 31.4 Å². The van der Waals surface area contributed by atoms with Crippen LogP contribution in [0.2, 0.25) is 0 Å². The molecule has 16 heavy (non-hydrogen) atoms. The van der Waals surface area contributed by atoms with E-state index in [-0.39, 0.29) is 18.0 Å². The fourth-order valence-electron chi connectivity index (χ4n) is 1.57. The molecular formula is C13H28N2O. The summed E-state index contributed by atoms with van der Waals surface area (Å²) >= 11 is 0. The minimum absolute atomic E-state index is 0.0964. The molecule has 0 saturated carbocycles. The maximum atomic E-state index is 11.7. The van der Waals surface area contributed by atoms with Crippen molar-refractivity contribution in [2.24, 2.45) is 0 Å². The first kappa shape index (κ1) is 15.4. The van der Waals surface area contributed by atoms with Gasteiger partial charge in [0.2, 0.25) is 5.91 Å². The first-order valence-electron chi connectivity index (χ1n) is 6.57. The molecule has 0 radical (unpaired) electrons. The van der Waals surface area contributed by atoms with Gasteiger partial charge in [-0.3, -0.25) is 4.79 Å². The van der Waals surface area contributed by atoms with Crippen LogP contribution in [0, 0.1) is 0 Å². The molecule has 0 bridgehead atoms. The summed E-state index contributed by atoms with van der Waals surface area (Å²) < 4.78 is 0. The maximum Gasteiger partial charge on any atom is 0.237 e. The standard InChI is InChI=1S/C13H28N2O/c1-6-8-9-11(4)14-12(5)13(16)15-10(3)7-2/h10-12,14H,6-9H2,1-5H3,(H,15,16). The average molecular weight is 228 g/mol. The summed E-state index contributed by atoms with van der Waals surface area (Å²) in [6, 6.07) is 0.584. The lowest BCUT2D eigenvalue weighted by Crippen LogP contribution is -2.48. The zero-order valence-corrected chi connectivity index (χ0v) is 11.5. The predicted octanol–water partition coefficient (Wildman–Crippen LogP) is 2.46. The van der Waals surface area contributed by atoms with E-state index in [1.807, 2.05) is 13.8 Å². The highest BCUT2D eigenvalue weighted by Crippen LogP contribution is 2.01. The quantitative estimate of drug-likeness (QED) is 0.670. The molecule has 0 aromatic heterocycles. The van der Waals surface area contributed by atoms with Crippen LogP contribution in [0.15, 0.2) is 0 Å². The van der Waals surface area contributed by atoms with Crippen LogP contribution in [0.1, 0.15) is 60.3 Å². The predicted molar refractivity (Wildman–Crippen MR) is 69.5 cm³/mol. The Hall–Kier alpha value is -0.570. The van der Waals surface area contributed by atoms with Crippen LogP contribution in [0.5, 0.6) is 0 Å². The summed E-state index contributed by atoms with van der Waals surface area (Å²) in [6.45, 7) is 10.4. The van der Waals surface area contributed by atoms with Crippen LogP contribution in [-0.2, 0) is 4.79 Å². The molecule has 0 heterocycles. The van der Waals surface area contributed by atoms with E-state index in [4.69, 9.17) is 0 Å². The van der Waals surface area contributed by atoms with E-state index in [1.165, 1.54) is 12.8 Å². The number of unbranched alkanes of at least 4 members (excludes halogenated alkanes) is 1. The molecule has 3 atom stereocenters. The Morgan fingerprint density at radius 1 is 1.12 bits per heavy atom. The topological polar surface area (TPSA) is 41.1 Å². The Morgan fingerprint density at radius 3 is 2.25 bits per heavy atom. The number of rotatable bonds is 8. The largest absolute Gasteiger partial charge is 0.352 e. The second kappa shape index (κ2) is 8.57. The summed E-state index contributed by atoms with van der Waals surface area (Å²) in [5.74, 6) is 0.109. The minimum Gasteiger partial charge on any atom is -0.352 e. The van der Waals surface area contributed by atoms with Crippen LogP contribution in [0.25, 0.3) is 0 Å².